The molecule has 0 unspecified atom stereocenters. The van der Waals surface area contributed by atoms with Gasteiger partial charge in [-0.3, -0.25) is 9.89 Å². The largest absolute Gasteiger partial charge is 0.398 e. The second-order valence-corrected chi connectivity index (χ2v) is 1.75. The van der Waals surface area contributed by atoms with Gasteiger partial charge in [0.05, 0.1) is 5.69 Å². The molecule has 0 saturated carbocycles. The number of carbonyl (C=O) groups excluding carboxylic acids is 1. The van der Waals surface area contributed by atoms with Crippen LogP contribution in [0.25, 0.3) is 0 Å². The summed E-state index contributed by atoms with van der Waals surface area (Å²) in [6.45, 7) is 0. The number of nitrogens with zero attached hydrogens (tertiary/aromatic N) is 2. The number of nitrogens with one attached hydrogen (secondary N) is 1. The minimum Gasteiger partial charge on any atom is -0.398 e. The van der Waals surface area contributed by atoms with E-state index in [9.17, 15) is 4.79 Å². The van der Waals surface area contributed by atoms with E-state index in [1.807, 2.05) is 0 Å². The van der Waals surface area contributed by atoms with E-state index in [2.05, 4.69) is 20.2 Å². The third kappa shape index (κ3) is 1.64. The van der Waals surface area contributed by atoms with Gasteiger partial charge in [0.1, 0.15) is 7.11 Å². The zero-order valence-corrected chi connectivity index (χ0v) is 5.94. The first-order valence-corrected chi connectivity index (χ1v) is 2.94. The molecule has 1 heterocycles. The highest BCUT2D eigenvalue weighted by atomic mass is 16.6. The predicted octanol–water partition coefficient (Wildman–Crippen LogP) is -0.0409. The molecule has 58 valence electrons. The van der Waals surface area contributed by atoms with Crippen LogP contribution in [-0.2, 0) is 9.63 Å². The summed E-state index contributed by atoms with van der Waals surface area (Å²) in [7, 11) is 1.37. The van der Waals surface area contributed by atoms with Crippen molar-refractivity contribution >= 4 is 12.0 Å². The number of hydrogen-bond donors (Lipinski definition) is 1. The topological polar surface area (TPSA) is 67.3 Å². The van der Waals surface area contributed by atoms with Crippen LogP contribution < -0.4 is 0 Å². The Balaban J connectivity index is 2.88. The fourth-order valence-corrected chi connectivity index (χ4v) is 0.631. The molecule has 0 amide bonds. The minimum absolute atomic E-state index is 0.199. The summed E-state index contributed by atoms with van der Waals surface area (Å²) in [6, 6.07) is 1.63. The lowest BCUT2D eigenvalue weighted by atomic mass is 10.3. The maximum Gasteiger partial charge on any atom is 0.174 e. The molecular weight excluding hydrogens is 146 g/mol. The molecular formula is C6H7N3O2. The number of aldehydes is 1. The van der Waals surface area contributed by atoms with Crippen molar-refractivity contribution < 1.29 is 9.63 Å². The number of aromatic nitrogens is 2. The predicted molar refractivity (Wildman–Crippen MR) is 38.2 cm³/mol. The molecule has 5 nitrogen and oxygen atoms in total. The van der Waals surface area contributed by atoms with Crippen molar-refractivity contribution in [1.29, 1.82) is 0 Å². The van der Waals surface area contributed by atoms with Gasteiger partial charge in [-0.2, -0.15) is 5.10 Å². The molecule has 1 rings (SSSR count). The third-order valence-corrected chi connectivity index (χ3v) is 1.08. The van der Waals surface area contributed by atoms with E-state index in [1.165, 1.54) is 13.3 Å². The Kier molecular flexibility index (Phi) is 2.37. The molecule has 0 aliphatic rings. The van der Waals surface area contributed by atoms with Crippen LogP contribution in [0.2, 0.25) is 0 Å². The van der Waals surface area contributed by atoms with Gasteiger partial charge in [0.15, 0.2) is 12.0 Å². The summed E-state index contributed by atoms with van der Waals surface area (Å²) in [4.78, 5) is 14.8. The fourth-order valence-electron chi connectivity index (χ4n) is 0.631. The molecule has 1 aromatic heterocycles. The molecule has 0 aliphatic heterocycles. The van der Waals surface area contributed by atoms with Gasteiger partial charge in [-0.15, -0.1) is 0 Å². The lowest BCUT2D eigenvalue weighted by molar-refractivity contribution is -0.102. The molecule has 0 aromatic carbocycles. The van der Waals surface area contributed by atoms with Crippen LogP contribution in [0.1, 0.15) is 5.69 Å². The molecule has 0 spiro atoms. The average molecular weight is 153 g/mol. The Hall–Kier alpha value is -1.65. The highest BCUT2D eigenvalue weighted by molar-refractivity contribution is 6.35. The first-order chi connectivity index (χ1) is 5.38. The monoisotopic (exact) mass is 153 g/mol. The lowest BCUT2D eigenvalue weighted by Crippen LogP contribution is -2.03. The van der Waals surface area contributed by atoms with Crippen molar-refractivity contribution in [1.82, 2.24) is 10.2 Å². The summed E-state index contributed by atoms with van der Waals surface area (Å²) in [5.74, 6) is 0. The first kappa shape index (κ1) is 7.46. The molecule has 0 fully saturated rings. The van der Waals surface area contributed by atoms with E-state index in [4.69, 9.17) is 0 Å². The molecule has 0 saturated heterocycles. The number of rotatable bonds is 3. The Bertz CT molecular complexity index is 253. The van der Waals surface area contributed by atoms with E-state index in [0.717, 1.165) is 0 Å². The Morgan fingerprint density at radius 3 is 3.18 bits per heavy atom. The average Bonchev–Trinajstić information content (AvgIpc) is 2.52. The van der Waals surface area contributed by atoms with Gasteiger partial charge in [-0.25, -0.2) is 0 Å². The zero-order valence-electron chi connectivity index (χ0n) is 5.94. The summed E-state index contributed by atoms with van der Waals surface area (Å²) in [5.41, 5.74) is 0.742. The summed E-state index contributed by atoms with van der Waals surface area (Å²) in [5, 5.41) is 9.70. The summed E-state index contributed by atoms with van der Waals surface area (Å²) in [6.07, 6.45) is 2.13. The molecule has 0 aliphatic carbocycles. The van der Waals surface area contributed by atoms with Gasteiger partial charge in [0.25, 0.3) is 0 Å². The molecule has 1 N–H and O–H groups in total. The van der Waals surface area contributed by atoms with Crippen LogP contribution in [0.5, 0.6) is 0 Å². The molecule has 0 bridgehead atoms. The molecule has 1 aromatic rings. The number of H-pyrrole nitrogens is 1. The van der Waals surface area contributed by atoms with Crippen LogP contribution in [-0.4, -0.2) is 29.3 Å². The van der Waals surface area contributed by atoms with Gasteiger partial charge in [-0.05, 0) is 6.07 Å². The van der Waals surface area contributed by atoms with Crippen molar-refractivity contribution in [2.45, 2.75) is 0 Å². The van der Waals surface area contributed by atoms with Crippen molar-refractivity contribution in [3.63, 3.8) is 0 Å². The van der Waals surface area contributed by atoms with Crippen molar-refractivity contribution in [3.05, 3.63) is 18.0 Å². The molecule has 0 radical (unpaired) electrons. The van der Waals surface area contributed by atoms with Gasteiger partial charge in [0.2, 0.25) is 0 Å². The quantitative estimate of drug-likeness (QED) is 0.376. The first-order valence-electron chi connectivity index (χ1n) is 2.94. The molecule has 11 heavy (non-hydrogen) atoms. The smallest absolute Gasteiger partial charge is 0.174 e. The van der Waals surface area contributed by atoms with Crippen LogP contribution in [0.4, 0.5) is 0 Å². The standard InChI is InChI=1S/C6H7N3O2/c1-11-9-6(4-10)5-2-3-7-8-5/h2-4H,1H3,(H,7,8). The summed E-state index contributed by atoms with van der Waals surface area (Å²) >= 11 is 0. The second-order valence-electron chi connectivity index (χ2n) is 1.75. The van der Waals surface area contributed by atoms with E-state index < -0.39 is 0 Å². The third-order valence-electron chi connectivity index (χ3n) is 1.08. The fraction of sp³-hybridized carbons (Fsp3) is 0.167. The van der Waals surface area contributed by atoms with Crippen LogP contribution in [0.3, 0.4) is 0 Å². The van der Waals surface area contributed by atoms with E-state index in [-0.39, 0.29) is 5.71 Å². The Morgan fingerprint density at radius 1 is 1.91 bits per heavy atom. The van der Waals surface area contributed by atoms with Gasteiger partial charge in [-0.1, -0.05) is 5.16 Å². The van der Waals surface area contributed by atoms with Crippen LogP contribution in [0.15, 0.2) is 17.4 Å². The Labute approximate surface area is 63.0 Å². The lowest BCUT2D eigenvalue weighted by Gasteiger charge is -1.91. The van der Waals surface area contributed by atoms with E-state index >= 15 is 0 Å². The second kappa shape index (κ2) is 3.50. The van der Waals surface area contributed by atoms with Gasteiger partial charge >= 0.3 is 0 Å². The maximum atomic E-state index is 10.3. The Morgan fingerprint density at radius 2 is 2.73 bits per heavy atom. The van der Waals surface area contributed by atoms with Crippen molar-refractivity contribution in [2.24, 2.45) is 5.16 Å². The van der Waals surface area contributed by atoms with Crippen molar-refractivity contribution in [3.8, 4) is 0 Å². The minimum atomic E-state index is 0.199. The normalized spacial score (nSPS) is 11.2. The number of hydrogen-bond acceptors (Lipinski definition) is 4. The van der Waals surface area contributed by atoms with Gasteiger partial charge in [0, 0.05) is 6.20 Å². The zero-order chi connectivity index (χ0) is 8.10. The van der Waals surface area contributed by atoms with Crippen LogP contribution in [0, 0.1) is 0 Å². The number of carbonyl (C=O) groups is 1. The highest BCUT2D eigenvalue weighted by Crippen LogP contribution is 1.92. The molecule has 5 heteroatoms. The molecule has 0 atom stereocenters. The number of aromatic amines is 1. The van der Waals surface area contributed by atoms with E-state index in [0.29, 0.717) is 12.0 Å². The summed E-state index contributed by atoms with van der Waals surface area (Å²) < 4.78 is 0. The maximum absolute atomic E-state index is 10.3. The van der Waals surface area contributed by atoms with E-state index in [1.54, 1.807) is 6.07 Å². The van der Waals surface area contributed by atoms with Crippen LogP contribution >= 0.6 is 0 Å². The van der Waals surface area contributed by atoms with Crippen molar-refractivity contribution in [2.75, 3.05) is 7.11 Å². The van der Waals surface area contributed by atoms with Gasteiger partial charge < -0.3 is 4.84 Å². The number of oxime groups is 1. The SMILES string of the molecule is CON=C(C=O)c1ccn[nH]1. The highest BCUT2D eigenvalue weighted by Gasteiger charge is 2.02.